The molecule has 0 aromatic heterocycles. The van der Waals surface area contributed by atoms with Gasteiger partial charge < -0.3 is 10.6 Å². The van der Waals surface area contributed by atoms with Gasteiger partial charge in [0.2, 0.25) is 0 Å². The fourth-order valence-electron chi connectivity index (χ4n) is 3.00. The number of anilines is 1. The van der Waals surface area contributed by atoms with Crippen LogP contribution < -0.4 is 5.73 Å². The maximum absolute atomic E-state index is 12.9. The predicted molar refractivity (Wildman–Crippen MR) is 84.5 cm³/mol. The van der Waals surface area contributed by atoms with Crippen molar-refractivity contribution in [1.82, 2.24) is 4.90 Å². The molecule has 2 aromatic carbocycles. The van der Waals surface area contributed by atoms with E-state index in [1.54, 1.807) is 0 Å². The van der Waals surface area contributed by atoms with Crippen molar-refractivity contribution in [3.8, 4) is 0 Å². The molecule has 110 valence electrons. The fourth-order valence-corrected chi connectivity index (χ4v) is 3.00. The van der Waals surface area contributed by atoms with E-state index < -0.39 is 0 Å². The van der Waals surface area contributed by atoms with Gasteiger partial charge in [0.1, 0.15) is 5.82 Å². The number of nitrogens with two attached hydrogens (primary N) is 1. The molecule has 0 saturated heterocycles. The first-order chi connectivity index (χ1) is 10.1. The highest BCUT2D eigenvalue weighted by molar-refractivity contribution is 5.43. The zero-order chi connectivity index (χ0) is 14.9. The van der Waals surface area contributed by atoms with Crippen LogP contribution in [0.5, 0.6) is 0 Å². The SMILES string of the molecule is CN(Cc1ccc(F)cc1)CC1(c2ccc(N)cc2)CC1. The first-order valence-corrected chi connectivity index (χ1v) is 7.36. The molecule has 0 amide bonds. The molecular formula is C18H21FN2. The number of halogens is 1. The van der Waals surface area contributed by atoms with E-state index in [-0.39, 0.29) is 11.2 Å². The molecule has 2 aromatic rings. The Morgan fingerprint density at radius 1 is 1.05 bits per heavy atom. The van der Waals surface area contributed by atoms with Gasteiger partial charge in [-0.25, -0.2) is 4.39 Å². The maximum atomic E-state index is 12.9. The molecule has 0 atom stereocenters. The van der Waals surface area contributed by atoms with Crippen LogP contribution in [0.25, 0.3) is 0 Å². The Morgan fingerprint density at radius 2 is 1.67 bits per heavy atom. The molecule has 0 bridgehead atoms. The van der Waals surface area contributed by atoms with Gasteiger partial charge in [-0.15, -0.1) is 0 Å². The van der Waals surface area contributed by atoms with E-state index in [4.69, 9.17) is 5.73 Å². The van der Waals surface area contributed by atoms with Crippen LogP contribution in [0.3, 0.4) is 0 Å². The molecule has 0 spiro atoms. The molecule has 2 N–H and O–H groups in total. The summed E-state index contributed by atoms with van der Waals surface area (Å²) in [7, 11) is 2.13. The van der Waals surface area contributed by atoms with E-state index in [9.17, 15) is 4.39 Å². The zero-order valence-electron chi connectivity index (χ0n) is 12.3. The third-order valence-corrected chi connectivity index (χ3v) is 4.31. The van der Waals surface area contributed by atoms with E-state index >= 15 is 0 Å². The van der Waals surface area contributed by atoms with E-state index in [0.29, 0.717) is 0 Å². The maximum Gasteiger partial charge on any atom is 0.123 e. The summed E-state index contributed by atoms with van der Waals surface area (Å²) in [4.78, 5) is 2.32. The van der Waals surface area contributed by atoms with Crippen LogP contribution in [0.1, 0.15) is 24.0 Å². The zero-order valence-corrected chi connectivity index (χ0v) is 12.3. The Hall–Kier alpha value is -1.87. The van der Waals surface area contributed by atoms with Crippen molar-refractivity contribution in [2.24, 2.45) is 0 Å². The minimum atomic E-state index is -0.179. The largest absolute Gasteiger partial charge is 0.399 e. The van der Waals surface area contributed by atoms with Gasteiger partial charge in [0, 0.05) is 24.2 Å². The number of nitrogens with zero attached hydrogens (tertiary/aromatic N) is 1. The van der Waals surface area contributed by atoms with Crippen molar-refractivity contribution in [2.45, 2.75) is 24.8 Å². The number of nitrogen functional groups attached to an aromatic ring is 1. The monoisotopic (exact) mass is 284 g/mol. The smallest absolute Gasteiger partial charge is 0.123 e. The van der Waals surface area contributed by atoms with Crippen LogP contribution in [0.15, 0.2) is 48.5 Å². The minimum absolute atomic E-state index is 0.179. The molecule has 1 aliphatic rings. The van der Waals surface area contributed by atoms with Crippen molar-refractivity contribution in [1.29, 1.82) is 0 Å². The van der Waals surface area contributed by atoms with Crippen LogP contribution in [-0.4, -0.2) is 18.5 Å². The van der Waals surface area contributed by atoms with Crippen LogP contribution in [0, 0.1) is 5.82 Å². The number of rotatable bonds is 5. The Bertz CT molecular complexity index is 600. The van der Waals surface area contributed by atoms with Crippen molar-refractivity contribution in [2.75, 3.05) is 19.3 Å². The Morgan fingerprint density at radius 3 is 2.24 bits per heavy atom. The normalized spacial score (nSPS) is 16.1. The average Bonchev–Trinajstić information content (AvgIpc) is 3.23. The van der Waals surface area contributed by atoms with Crippen molar-refractivity contribution >= 4 is 5.69 Å². The van der Waals surface area contributed by atoms with E-state index in [1.807, 2.05) is 24.3 Å². The summed E-state index contributed by atoms with van der Waals surface area (Å²) < 4.78 is 12.9. The van der Waals surface area contributed by atoms with Gasteiger partial charge in [0.25, 0.3) is 0 Å². The second kappa shape index (κ2) is 5.49. The fraction of sp³-hybridized carbons (Fsp3) is 0.333. The van der Waals surface area contributed by atoms with Gasteiger partial charge in [-0.1, -0.05) is 24.3 Å². The van der Waals surface area contributed by atoms with Crippen LogP contribution in [0.4, 0.5) is 10.1 Å². The Kier molecular flexibility index (Phi) is 3.68. The van der Waals surface area contributed by atoms with Crippen molar-refractivity contribution in [3.05, 3.63) is 65.5 Å². The summed E-state index contributed by atoms with van der Waals surface area (Å²) in [5.41, 5.74) is 9.38. The quantitative estimate of drug-likeness (QED) is 0.850. The first kappa shape index (κ1) is 14.1. The van der Waals surface area contributed by atoms with Gasteiger partial charge >= 0.3 is 0 Å². The highest BCUT2D eigenvalue weighted by Gasteiger charge is 2.44. The number of hydrogen-bond acceptors (Lipinski definition) is 2. The molecule has 0 radical (unpaired) electrons. The summed E-state index contributed by atoms with van der Waals surface area (Å²) in [6.45, 7) is 1.87. The molecule has 1 fully saturated rings. The first-order valence-electron chi connectivity index (χ1n) is 7.36. The van der Waals surface area contributed by atoms with Crippen molar-refractivity contribution in [3.63, 3.8) is 0 Å². The van der Waals surface area contributed by atoms with Gasteiger partial charge in [-0.2, -0.15) is 0 Å². The highest BCUT2D eigenvalue weighted by Crippen LogP contribution is 2.48. The molecule has 0 aliphatic heterocycles. The van der Waals surface area contributed by atoms with Gasteiger partial charge in [0.05, 0.1) is 0 Å². The van der Waals surface area contributed by atoms with E-state index in [1.165, 1.54) is 30.5 Å². The topological polar surface area (TPSA) is 29.3 Å². The Labute approximate surface area is 125 Å². The summed E-state index contributed by atoms with van der Waals surface area (Å²) in [5, 5.41) is 0. The standard InChI is InChI=1S/C18H21FN2/c1-21(12-14-2-6-16(19)7-3-14)13-18(10-11-18)15-4-8-17(20)9-5-15/h2-9H,10-13,20H2,1H3. The molecule has 3 rings (SSSR count). The molecule has 1 aliphatic carbocycles. The lowest BCUT2D eigenvalue weighted by Gasteiger charge is -2.24. The number of likely N-dealkylation sites (N-methyl/N-ethyl adjacent to an activating group) is 1. The summed E-state index contributed by atoms with van der Waals surface area (Å²) in [6, 6.07) is 15.0. The lowest BCUT2D eigenvalue weighted by Crippen LogP contribution is -2.28. The van der Waals surface area contributed by atoms with Gasteiger partial charge in [0.15, 0.2) is 0 Å². The van der Waals surface area contributed by atoms with Crippen molar-refractivity contribution < 1.29 is 4.39 Å². The summed E-state index contributed by atoms with van der Waals surface area (Å²) in [6.07, 6.45) is 2.45. The highest BCUT2D eigenvalue weighted by atomic mass is 19.1. The predicted octanol–water partition coefficient (Wildman–Crippen LogP) is 3.57. The van der Waals surface area contributed by atoms with Crippen LogP contribution >= 0.6 is 0 Å². The molecule has 0 heterocycles. The number of hydrogen-bond donors (Lipinski definition) is 1. The second-order valence-corrected chi connectivity index (χ2v) is 6.20. The van der Waals surface area contributed by atoms with Gasteiger partial charge in [-0.3, -0.25) is 0 Å². The molecule has 21 heavy (non-hydrogen) atoms. The summed E-state index contributed by atoms with van der Waals surface area (Å²) in [5.74, 6) is -0.179. The Balaban J connectivity index is 1.65. The molecular weight excluding hydrogens is 263 g/mol. The lowest BCUT2D eigenvalue weighted by molar-refractivity contribution is 0.294. The summed E-state index contributed by atoms with van der Waals surface area (Å²) >= 11 is 0. The van der Waals surface area contributed by atoms with Crippen LogP contribution in [0.2, 0.25) is 0 Å². The third kappa shape index (κ3) is 3.24. The minimum Gasteiger partial charge on any atom is -0.399 e. The van der Waals surface area contributed by atoms with Crippen LogP contribution in [-0.2, 0) is 12.0 Å². The molecule has 1 saturated carbocycles. The molecule has 2 nitrogen and oxygen atoms in total. The third-order valence-electron chi connectivity index (χ3n) is 4.31. The number of benzene rings is 2. The van der Waals surface area contributed by atoms with Gasteiger partial charge in [-0.05, 0) is 55.3 Å². The second-order valence-electron chi connectivity index (χ2n) is 6.20. The average molecular weight is 284 g/mol. The molecule has 3 heteroatoms. The van der Waals surface area contributed by atoms with E-state index in [0.717, 1.165) is 24.3 Å². The lowest BCUT2D eigenvalue weighted by atomic mass is 9.95. The molecule has 0 unspecified atom stereocenters. The van der Waals surface area contributed by atoms with E-state index in [2.05, 4.69) is 24.1 Å².